The van der Waals surface area contributed by atoms with Gasteiger partial charge in [0.2, 0.25) is 0 Å². The fourth-order valence-electron chi connectivity index (χ4n) is 4.65. The summed E-state index contributed by atoms with van der Waals surface area (Å²) in [5.74, 6) is 0.910. The van der Waals surface area contributed by atoms with E-state index in [9.17, 15) is 4.79 Å². The summed E-state index contributed by atoms with van der Waals surface area (Å²) in [5, 5.41) is 4.94. The van der Waals surface area contributed by atoms with Crippen molar-refractivity contribution in [3.63, 3.8) is 0 Å². The average molecular weight is 396 g/mol. The van der Waals surface area contributed by atoms with Crippen molar-refractivity contribution >= 4 is 11.6 Å². The van der Waals surface area contributed by atoms with Crippen molar-refractivity contribution in [3.05, 3.63) is 70.1 Å². The molecule has 0 amide bonds. The predicted molar refractivity (Wildman–Crippen MR) is 108 cm³/mol. The van der Waals surface area contributed by atoms with Gasteiger partial charge in [0.1, 0.15) is 0 Å². The highest BCUT2D eigenvalue weighted by Crippen LogP contribution is 2.36. The van der Waals surface area contributed by atoms with Gasteiger partial charge in [-0.25, -0.2) is 0 Å². The first-order valence-electron chi connectivity index (χ1n) is 9.71. The summed E-state index contributed by atoms with van der Waals surface area (Å²) in [4.78, 5) is 19.5. The molecule has 2 aliphatic heterocycles. The largest absolute Gasteiger partial charge is 0.312 e. The lowest BCUT2D eigenvalue weighted by Gasteiger charge is -2.43. The van der Waals surface area contributed by atoms with Crippen LogP contribution in [0.15, 0.2) is 53.8 Å². The van der Waals surface area contributed by atoms with Crippen molar-refractivity contribution in [2.45, 2.75) is 25.4 Å². The van der Waals surface area contributed by atoms with E-state index in [2.05, 4.69) is 21.0 Å². The Bertz CT molecular complexity index is 1040. The third kappa shape index (κ3) is 3.38. The van der Waals surface area contributed by atoms with Gasteiger partial charge < -0.3 is 9.47 Å². The molecule has 6 nitrogen and oxygen atoms in total. The maximum atomic E-state index is 12.8. The highest BCUT2D eigenvalue weighted by Gasteiger charge is 2.34. The van der Waals surface area contributed by atoms with Gasteiger partial charge in [0.15, 0.2) is 0 Å². The molecule has 5 heterocycles. The minimum Gasteiger partial charge on any atom is -0.312 e. The van der Waals surface area contributed by atoms with Crippen LogP contribution in [-0.2, 0) is 13.1 Å². The molecule has 0 aliphatic carbocycles. The minimum absolute atomic E-state index is 0.102. The molecule has 5 rings (SSSR count). The normalized spacial score (nSPS) is 21.5. The Labute approximate surface area is 168 Å². The Kier molecular flexibility index (Phi) is 4.53. The lowest BCUT2D eigenvalue weighted by Crippen LogP contribution is -2.47. The van der Waals surface area contributed by atoms with Gasteiger partial charge in [-0.1, -0.05) is 17.7 Å². The molecule has 2 bridgehead atoms. The molecule has 1 saturated heterocycles. The Hall–Kier alpha value is -2.44. The molecular weight excluding hydrogens is 374 g/mol. The number of likely N-dealkylation sites (tertiary alicyclic amines) is 1. The summed E-state index contributed by atoms with van der Waals surface area (Å²) in [6.45, 7) is 4.58. The summed E-state index contributed by atoms with van der Waals surface area (Å²) < 4.78 is 3.88. The maximum absolute atomic E-state index is 12.8. The Morgan fingerprint density at radius 1 is 1.11 bits per heavy atom. The Morgan fingerprint density at radius 3 is 2.82 bits per heavy atom. The van der Waals surface area contributed by atoms with Gasteiger partial charge in [-0.2, -0.15) is 5.10 Å². The lowest BCUT2D eigenvalue weighted by molar-refractivity contribution is 0.116. The summed E-state index contributed by atoms with van der Waals surface area (Å²) in [6.07, 6.45) is 8.27. The van der Waals surface area contributed by atoms with Crippen molar-refractivity contribution in [1.29, 1.82) is 0 Å². The summed E-state index contributed by atoms with van der Waals surface area (Å²) in [6, 6.07) is 7.86. The third-order valence-corrected chi connectivity index (χ3v) is 6.07. The number of halogens is 1. The van der Waals surface area contributed by atoms with Crippen LogP contribution in [0.25, 0.3) is 11.1 Å². The molecule has 28 heavy (non-hydrogen) atoms. The second-order valence-corrected chi connectivity index (χ2v) is 8.28. The molecule has 0 aromatic carbocycles. The van der Waals surface area contributed by atoms with E-state index in [1.807, 2.05) is 33.8 Å². The summed E-state index contributed by atoms with van der Waals surface area (Å²) >= 11 is 5.96. The average Bonchev–Trinajstić information content (AvgIpc) is 3.13. The second-order valence-electron chi connectivity index (χ2n) is 7.84. The van der Waals surface area contributed by atoms with E-state index in [1.165, 1.54) is 0 Å². The van der Waals surface area contributed by atoms with Gasteiger partial charge in [0.05, 0.1) is 17.8 Å². The Morgan fingerprint density at radius 2 is 2.04 bits per heavy atom. The van der Waals surface area contributed by atoms with E-state index in [0.29, 0.717) is 16.9 Å². The fourth-order valence-corrected chi connectivity index (χ4v) is 4.80. The highest BCUT2D eigenvalue weighted by atomic mass is 35.5. The zero-order chi connectivity index (χ0) is 19.1. The van der Waals surface area contributed by atoms with Crippen LogP contribution in [0.1, 0.15) is 18.0 Å². The lowest BCUT2D eigenvalue weighted by atomic mass is 9.82. The fraction of sp³-hybridized carbons (Fsp3) is 0.381. The second kappa shape index (κ2) is 7.18. The van der Waals surface area contributed by atoms with Crippen molar-refractivity contribution in [1.82, 2.24) is 24.2 Å². The van der Waals surface area contributed by atoms with Crippen molar-refractivity contribution in [2.24, 2.45) is 5.92 Å². The SMILES string of the molecule is O=c1cc(-c2cccnc2)cc2n1C[C@H]1C[C@@H]2CN(CCn2cc(Cl)cn2)C1. The van der Waals surface area contributed by atoms with Gasteiger partial charge in [0.25, 0.3) is 5.56 Å². The zero-order valence-corrected chi connectivity index (χ0v) is 16.3. The number of nitrogens with zero attached hydrogens (tertiary/aromatic N) is 5. The van der Waals surface area contributed by atoms with E-state index in [1.54, 1.807) is 18.5 Å². The van der Waals surface area contributed by atoms with Crippen LogP contribution in [0, 0.1) is 5.92 Å². The molecule has 0 saturated carbocycles. The molecule has 0 unspecified atom stereocenters. The van der Waals surface area contributed by atoms with Crippen molar-refractivity contribution in [2.75, 3.05) is 19.6 Å². The van der Waals surface area contributed by atoms with E-state index in [0.717, 1.165) is 56.0 Å². The van der Waals surface area contributed by atoms with E-state index >= 15 is 0 Å². The van der Waals surface area contributed by atoms with Crippen molar-refractivity contribution < 1.29 is 0 Å². The monoisotopic (exact) mass is 395 g/mol. The molecule has 2 atom stereocenters. The molecule has 144 valence electrons. The van der Waals surface area contributed by atoms with E-state index in [-0.39, 0.29) is 5.56 Å². The predicted octanol–water partition coefficient (Wildman–Crippen LogP) is 2.88. The van der Waals surface area contributed by atoms with Crippen LogP contribution >= 0.6 is 11.6 Å². The number of pyridine rings is 2. The number of fused-ring (bicyclic) bond motifs is 4. The molecule has 3 aromatic heterocycles. The van der Waals surface area contributed by atoms with Gasteiger partial charge >= 0.3 is 0 Å². The number of hydrogen-bond donors (Lipinski definition) is 0. The Balaban J connectivity index is 1.39. The van der Waals surface area contributed by atoms with Crippen LogP contribution in [0.5, 0.6) is 0 Å². The van der Waals surface area contributed by atoms with Crippen LogP contribution < -0.4 is 5.56 Å². The summed E-state index contributed by atoms with van der Waals surface area (Å²) in [5.41, 5.74) is 3.22. The van der Waals surface area contributed by atoms with Crippen molar-refractivity contribution in [3.8, 4) is 11.1 Å². The first-order valence-corrected chi connectivity index (χ1v) is 10.1. The first kappa shape index (κ1) is 17.6. The molecule has 1 fully saturated rings. The van der Waals surface area contributed by atoms with Gasteiger partial charge in [0, 0.05) is 68.0 Å². The van der Waals surface area contributed by atoms with Crippen LogP contribution in [0.4, 0.5) is 0 Å². The number of rotatable bonds is 4. The number of piperidine rings is 1. The van der Waals surface area contributed by atoms with Crippen LogP contribution in [0.3, 0.4) is 0 Å². The van der Waals surface area contributed by atoms with Crippen LogP contribution in [0.2, 0.25) is 5.02 Å². The molecular formula is C21H22ClN5O. The molecule has 2 aliphatic rings. The topological polar surface area (TPSA) is 56.0 Å². The van der Waals surface area contributed by atoms with Gasteiger partial charge in [-0.05, 0) is 30.0 Å². The smallest absolute Gasteiger partial charge is 0.251 e. The number of hydrogen-bond acceptors (Lipinski definition) is 4. The highest BCUT2D eigenvalue weighted by molar-refractivity contribution is 6.30. The van der Waals surface area contributed by atoms with E-state index < -0.39 is 0 Å². The van der Waals surface area contributed by atoms with Gasteiger partial charge in [-0.3, -0.25) is 14.5 Å². The molecule has 7 heteroatoms. The molecule has 0 N–H and O–H groups in total. The summed E-state index contributed by atoms with van der Waals surface area (Å²) in [7, 11) is 0. The molecule has 0 radical (unpaired) electrons. The molecule has 0 spiro atoms. The quantitative estimate of drug-likeness (QED) is 0.681. The van der Waals surface area contributed by atoms with Crippen LogP contribution in [-0.4, -0.2) is 43.9 Å². The van der Waals surface area contributed by atoms with Gasteiger partial charge in [-0.15, -0.1) is 0 Å². The standard InChI is InChI=1S/C21H22ClN5O/c22-19-10-24-26(14-19)5-4-25-11-15-6-18(13-25)20-7-17(8-21(28)27(20)12-15)16-2-1-3-23-9-16/h1-3,7-10,14-15,18H,4-6,11-13H2/t15-,18+/m0/s1. The maximum Gasteiger partial charge on any atom is 0.251 e. The third-order valence-electron chi connectivity index (χ3n) is 5.87. The zero-order valence-electron chi connectivity index (χ0n) is 15.5. The minimum atomic E-state index is 0.102. The van der Waals surface area contributed by atoms with E-state index in [4.69, 9.17) is 11.6 Å². The molecule has 3 aromatic rings. The first-order chi connectivity index (χ1) is 13.7. The number of aromatic nitrogens is 4.